The fourth-order valence-electron chi connectivity index (χ4n) is 3.58. The number of hydrogen-bond acceptors (Lipinski definition) is 3. The fraction of sp³-hybridized carbons (Fsp3) is 0.481. The lowest BCUT2D eigenvalue weighted by Gasteiger charge is -2.30. The average Bonchev–Trinajstić information content (AvgIpc) is 2.81. The maximum absolute atomic E-state index is 13.2. The largest absolute Gasteiger partial charge is 0.484 e. The zero-order chi connectivity index (χ0) is 23.3. The summed E-state index contributed by atoms with van der Waals surface area (Å²) in [5.41, 5.74) is 2.36. The van der Waals surface area contributed by atoms with E-state index in [2.05, 4.69) is 26.1 Å². The maximum Gasteiger partial charge on any atom is 0.261 e. The van der Waals surface area contributed by atoms with E-state index in [1.165, 1.54) is 5.56 Å². The van der Waals surface area contributed by atoms with Gasteiger partial charge in [-0.3, -0.25) is 9.59 Å². The standard InChI is InChI=1S/C27H38N2O3/c1-5-7-18-28-27(31)25(6-2)29(19-17-22-11-9-8-10-12-22)26(30)20-32-24-15-13-23(14-16-24)21(3)4/h8-16,21,25H,5-7,17-20H2,1-4H3,(H,28,31)/t25-/m1/s1. The first-order valence-corrected chi connectivity index (χ1v) is 11.8. The van der Waals surface area contributed by atoms with Crippen LogP contribution in [-0.2, 0) is 16.0 Å². The first-order valence-electron chi connectivity index (χ1n) is 11.8. The fourth-order valence-corrected chi connectivity index (χ4v) is 3.58. The van der Waals surface area contributed by atoms with Gasteiger partial charge in [0.25, 0.3) is 5.91 Å². The SMILES string of the molecule is CCCCNC(=O)[C@@H](CC)N(CCc1ccccc1)C(=O)COc1ccc(C(C)C)cc1. The van der Waals surface area contributed by atoms with Crippen LogP contribution in [0.15, 0.2) is 54.6 Å². The monoisotopic (exact) mass is 438 g/mol. The molecule has 0 aliphatic carbocycles. The maximum atomic E-state index is 13.2. The van der Waals surface area contributed by atoms with E-state index in [0.29, 0.717) is 37.6 Å². The van der Waals surface area contributed by atoms with Gasteiger partial charge in [-0.2, -0.15) is 0 Å². The van der Waals surface area contributed by atoms with E-state index in [4.69, 9.17) is 4.74 Å². The molecule has 0 radical (unpaired) electrons. The molecule has 0 fully saturated rings. The normalized spacial score (nSPS) is 11.8. The Hall–Kier alpha value is -2.82. The first-order chi connectivity index (χ1) is 15.5. The van der Waals surface area contributed by atoms with Crippen molar-refractivity contribution in [2.24, 2.45) is 0 Å². The lowest BCUT2D eigenvalue weighted by Crippen LogP contribution is -2.51. The van der Waals surface area contributed by atoms with Gasteiger partial charge >= 0.3 is 0 Å². The summed E-state index contributed by atoms with van der Waals surface area (Å²) in [5, 5.41) is 2.99. The molecule has 1 atom stereocenters. The van der Waals surface area contributed by atoms with Gasteiger partial charge in [-0.25, -0.2) is 0 Å². The van der Waals surface area contributed by atoms with Crippen LogP contribution in [0.2, 0.25) is 0 Å². The molecule has 0 heterocycles. The Balaban J connectivity index is 2.08. The molecule has 0 aliphatic rings. The second-order valence-corrected chi connectivity index (χ2v) is 8.40. The molecule has 2 rings (SSSR count). The summed E-state index contributed by atoms with van der Waals surface area (Å²) >= 11 is 0. The van der Waals surface area contributed by atoms with E-state index in [0.717, 1.165) is 18.4 Å². The Morgan fingerprint density at radius 2 is 1.69 bits per heavy atom. The number of carbonyl (C=O) groups is 2. The van der Waals surface area contributed by atoms with Crippen molar-refractivity contribution < 1.29 is 14.3 Å². The third-order valence-corrected chi connectivity index (χ3v) is 5.61. The van der Waals surface area contributed by atoms with Gasteiger partial charge in [0.1, 0.15) is 11.8 Å². The molecule has 2 aromatic carbocycles. The van der Waals surface area contributed by atoms with Crippen molar-refractivity contribution in [3.05, 3.63) is 65.7 Å². The molecular formula is C27H38N2O3. The summed E-state index contributed by atoms with van der Waals surface area (Å²) < 4.78 is 5.79. The van der Waals surface area contributed by atoms with Crippen molar-refractivity contribution in [2.45, 2.75) is 65.3 Å². The predicted molar refractivity (Wildman–Crippen MR) is 130 cm³/mol. The molecule has 5 nitrogen and oxygen atoms in total. The van der Waals surface area contributed by atoms with Crippen molar-refractivity contribution in [3.8, 4) is 5.75 Å². The van der Waals surface area contributed by atoms with E-state index in [-0.39, 0.29) is 18.4 Å². The molecule has 2 aromatic rings. The number of nitrogens with zero attached hydrogens (tertiary/aromatic N) is 1. The quantitative estimate of drug-likeness (QED) is 0.450. The Morgan fingerprint density at radius 1 is 1.00 bits per heavy atom. The Bertz CT molecular complexity index is 819. The van der Waals surface area contributed by atoms with Gasteiger partial charge in [-0.1, -0.05) is 76.6 Å². The van der Waals surface area contributed by atoms with Gasteiger partial charge in [-0.15, -0.1) is 0 Å². The number of unbranched alkanes of at least 4 members (excludes halogenated alkanes) is 1. The topological polar surface area (TPSA) is 58.6 Å². The van der Waals surface area contributed by atoms with Crippen LogP contribution in [0.3, 0.4) is 0 Å². The highest BCUT2D eigenvalue weighted by molar-refractivity contribution is 5.88. The molecule has 0 unspecified atom stereocenters. The summed E-state index contributed by atoms with van der Waals surface area (Å²) in [4.78, 5) is 27.7. The van der Waals surface area contributed by atoms with Crippen molar-refractivity contribution in [3.63, 3.8) is 0 Å². The molecule has 2 amide bonds. The van der Waals surface area contributed by atoms with Crippen molar-refractivity contribution >= 4 is 11.8 Å². The van der Waals surface area contributed by atoms with Crippen LogP contribution in [0, 0.1) is 0 Å². The highest BCUT2D eigenvalue weighted by Crippen LogP contribution is 2.19. The molecule has 0 bridgehead atoms. The summed E-state index contributed by atoms with van der Waals surface area (Å²) in [6.07, 6.45) is 3.18. The van der Waals surface area contributed by atoms with Crippen LogP contribution < -0.4 is 10.1 Å². The zero-order valence-corrected chi connectivity index (χ0v) is 20.0. The number of amides is 2. The predicted octanol–water partition coefficient (Wildman–Crippen LogP) is 4.96. The second-order valence-electron chi connectivity index (χ2n) is 8.40. The van der Waals surface area contributed by atoms with Gasteiger partial charge in [0.2, 0.25) is 5.91 Å². The van der Waals surface area contributed by atoms with Gasteiger partial charge in [0.15, 0.2) is 6.61 Å². The Labute approximate surface area is 193 Å². The summed E-state index contributed by atoms with van der Waals surface area (Å²) in [6.45, 7) is 9.32. The van der Waals surface area contributed by atoms with Crippen LogP contribution >= 0.6 is 0 Å². The van der Waals surface area contributed by atoms with Crippen LogP contribution in [0.4, 0.5) is 0 Å². The van der Waals surface area contributed by atoms with Crippen LogP contribution in [0.25, 0.3) is 0 Å². The number of hydrogen-bond donors (Lipinski definition) is 1. The van der Waals surface area contributed by atoms with Gasteiger partial charge in [0, 0.05) is 13.1 Å². The minimum absolute atomic E-state index is 0.0887. The molecule has 0 spiro atoms. The lowest BCUT2D eigenvalue weighted by atomic mass is 10.0. The van der Waals surface area contributed by atoms with Crippen molar-refractivity contribution in [1.29, 1.82) is 0 Å². The van der Waals surface area contributed by atoms with Gasteiger partial charge in [-0.05, 0) is 48.4 Å². The minimum atomic E-state index is -0.505. The second kappa shape index (κ2) is 13.6. The first kappa shape index (κ1) is 25.4. The van der Waals surface area contributed by atoms with Gasteiger partial charge in [0.05, 0.1) is 0 Å². The smallest absolute Gasteiger partial charge is 0.261 e. The molecule has 0 aliphatic heterocycles. The number of carbonyl (C=O) groups excluding carboxylic acids is 2. The molecule has 0 saturated carbocycles. The van der Waals surface area contributed by atoms with Crippen molar-refractivity contribution in [2.75, 3.05) is 19.7 Å². The van der Waals surface area contributed by atoms with Crippen molar-refractivity contribution in [1.82, 2.24) is 10.2 Å². The summed E-state index contributed by atoms with van der Waals surface area (Å²) in [5.74, 6) is 0.830. The molecule has 0 aromatic heterocycles. The molecule has 1 N–H and O–H groups in total. The summed E-state index contributed by atoms with van der Waals surface area (Å²) in [6, 6.07) is 17.4. The van der Waals surface area contributed by atoms with E-state index in [1.54, 1.807) is 4.90 Å². The van der Waals surface area contributed by atoms with E-state index < -0.39 is 6.04 Å². The highest BCUT2D eigenvalue weighted by atomic mass is 16.5. The minimum Gasteiger partial charge on any atom is -0.484 e. The third kappa shape index (κ3) is 8.03. The third-order valence-electron chi connectivity index (χ3n) is 5.61. The number of benzene rings is 2. The van der Waals surface area contributed by atoms with E-state index in [1.807, 2.05) is 61.5 Å². The molecular weight excluding hydrogens is 400 g/mol. The van der Waals surface area contributed by atoms with E-state index in [9.17, 15) is 9.59 Å². The molecule has 0 saturated heterocycles. The van der Waals surface area contributed by atoms with E-state index >= 15 is 0 Å². The Kier molecular flexibility index (Phi) is 10.8. The lowest BCUT2D eigenvalue weighted by molar-refractivity contribution is -0.142. The molecule has 32 heavy (non-hydrogen) atoms. The Morgan fingerprint density at radius 3 is 2.28 bits per heavy atom. The van der Waals surface area contributed by atoms with Crippen LogP contribution in [-0.4, -0.2) is 42.5 Å². The average molecular weight is 439 g/mol. The molecule has 5 heteroatoms. The number of rotatable bonds is 13. The summed E-state index contributed by atoms with van der Waals surface area (Å²) in [7, 11) is 0. The number of nitrogens with one attached hydrogen (secondary N) is 1. The highest BCUT2D eigenvalue weighted by Gasteiger charge is 2.28. The zero-order valence-electron chi connectivity index (χ0n) is 20.0. The van der Waals surface area contributed by atoms with Crippen LogP contribution in [0.1, 0.15) is 64.0 Å². The molecule has 174 valence electrons. The van der Waals surface area contributed by atoms with Gasteiger partial charge < -0.3 is 15.0 Å². The van der Waals surface area contributed by atoms with Crippen LogP contribution in [0.5, 0.6) is 5.75 Å². The number of ether oxygens (including phenoxy) is 1.